The summed E-state index contributed by atoms with van der Waals surface area (Å²) in [4.78, 5) is 12.1. The third-order valence-corrected chi connectivity index (χ3v) is 4.21. The van der Waals surface area contributed by atoms with E-state index in [-0.39, 0.29) is 23.2 Å². The highest BCUT2D eigenvalue weighted by atomic mass is 32.2. The predicted octanol–water partition coefficient (Wildman–Crippen LogP) is 0.240. The largest absolute Gasteiger partial charge is 0.392 e. The van der Waals surface area contributed by atoms with Crippen LogP contribution in [0.3, 0.4) is 0 Å². The number of nitrogens with one attached hydrogen (secondary N) is 1. The lowest BCUT2D eigenvalue weighted by molar-refractivity contribution is -0.127. The van der Waals surface area contributed by atoms with Crippen LogP contribution in [0.25, 0.3) is 0 Å². The molecule has 0 radical (unpaired) electrons. The van der Waals surface area contributed by atoms with Crippen LogP contribution in [-0.4, -0.2) is 37.9 Å². The third kappa shape index (κ3) is 4.59. The normalized spacial score (nSPS) is 12.2. The molecule has 0 saturated carbocycles. The zero-order chi connectivity index (χ0) is 13.7. The summed E-state index contributed by atoms with van der Waals surface area (Å²) in [6, 6.07) is 0. The van der Waals surface area contributed by atoms with Crippen LogP contribution in [0.5, 0.6) is 0 Å². The van der Waals surface area contributed by atoms with Gasteiger partial charge in [0.05, 0.1) is 16.2 Å². The molecule has 3 N–H and O–H groups in total. The van der Waals surface area contributed by atoms with Crippen molar-refractivity contribution in [1.82, 2.24) is 5.32 Å². The molecule has 0 saturated heterocycles. The fourth-order valence-electron chi connectivity index (χ4n) is 1.55. The van der Waals surface area contributed by atoms with Crippen molar-refractivity contribution in [3.63, 3.8) is 0 Å². The van der Waals surface area contributed by atoms with Gasteiger partial charge >= 0.3 is 0 Å². The SMILES string of the molecule is CCC(CC)(C(=O)NCCS(C)(=O)=O)C(N)=S. The Morgan fingerprint density at radius 2 is 1.82 bits per heavy atom. The number of sulfone groups is 1. The number of hydrogen-bond acceptors (Lipinski definition) is 4. The summed E-state index contributed by atoms with van der Waals surface area (Å²) < 4.78 is 21.9. The summed E-state index contributed by atoms with van der Waals surface area (Å²) in [6.45, 7) is 3.75. The van der Waals surface area contributed by atoms with Crippen LogP contribution in [0.2, 0.25) is 0 Å². The maximum Gasteiger partial charge on any atom is 0.233 e. The second kappa shape index (κ2) is 6.30. The van der Waals surface area contributed by atoms with Crippen molar-refractivity contribution < 1.29 is 13.2 Å². The molecular formula is C10H20N2O3S2. The van der Waals surface area contributed by atoms with E-state index in [1.807, 2.05) is 13.8 Å². The van der Waals surface area contributed by atoms with E-state index >= 15 is 0 Å². The number of hydrogen-bond donors (Lipinski definition) is 2. The minimum Gasteiger partial charge on any atom is -0.392 e. The third-order valence-electron chi connectivity index (χ3n) is 2.87. The Morgan fingerprint density at radius 1 is 1.35 bits per heavy atom. The molecule has 0 aromatic rings. The maximum atomic E-state index is 12.0. The Kier molecular flexibility index (Phi) is 6.04. The van der Waals surface area contributed by atoms with Gasteiger partial charge in [-0.05, 0) is 12.8 Å². The number of amides is 1. The van der Waals surface area contributed by atoms with Crippen molar-refractivity contribution >= 4 is 33.0 Å². The first-order valence-electron chi connectivity index (χ1n) is 5.45. The molecule has 0 aliphatic rings. The molecule has 0 aliphatic heterocycles. The minimum absolute atomic E-state index is 0.0837. The molecule has 7 heteroatoms. The van der Waals surface area contributed by atoms with Crippen LogP contribution < -0.4 is 11.1 Å². The van der Waals surface area contributed by atoms with Gasteiger partial charge in [0.2, 0.25) is 5.91 Å². The van der Waals surface area contributed by atoms with Gasteiger partial charge in [0.1, 0.15) is 9.84 Å². The van der Waals surface area contributed by atoms with Gasteiger partial charge in [0.15, 0.2) is 0 Å². The minimum atomic E-state index is -3.08. The lowest BCUT2D eigenvalue weighted by atomic mass is 9.81. The van der Waals surface area contributed by atoms with E-state index in [0.29, 0.717) is 12.8 Å². The van der Waals surface area contributed by atoms with Gasteiger partial charge in [0.25, 0.3) is 0 Å². The first-order valence-corrected chi connectivity index (χ1v) is 7.92. The Bertz CT molecular complexity index is 386. The molecule has 0 bridgehead atoms. The zero-order valence-corrected chi connectivity index (χ0v) is 12.1. The average Bonchev–Trinajstić information content (AvgIpc) is 2.17. The molecule has 17 heavy (non-hydrogen) atoms. The molecule has 0 fully saturated rings. The number of nitrogens with two attached hydrogens (primary N) is 1. The number of carbonyl (C=O) groups is 1. The summed E-state index contributed by atoms with van der Waals surface area (Å²) >= 11 is 4.93. The Balaban J connectivity index is 4.62. The number of rotatable bonds is 7. The number of thiocarbonyl (C=S) groups is 1. The molecular weight excluding hydrogens is 260 g/mol. The van der Waals surface area contributed by atoms with Crippen LogP contribution in [0.1, 0.15) is 26.7 Å². The molecule has 0 rings (SSSR count). The van der Waals surface area contributed by atoms with Crippen molar-refractivity contribution in [3.05, 3.63) is 0 Å². The van der Waals surface area contributed by atoms with Gasteiger partial charge in [-0.15, -0.1) is 0 Å². The molecule has 0 spiro atoms. The molecule has 0 aliphatic carbocycles. The van der Waals surface area contributed by atoms with Crippen LogP contribution >= 0.6 is 12.2 Å². The highest BCUT2D eigenvalue weighted by Crippen LogP contribution is 2.26. The summed E-state index contributed by atoms with van der Waals surface area (Å²) in [5.41, 5.74) is 4.74. The van der Waals surface area contributed by atoms with E-state index in [0.717, 1.165) is 6.26 Å². The van der Waals surface area contributed by atoms with Crippen LogP contribution in [0, 0.1) is 5.41 Å². The van der Waals surface area contributed by atoms with E-state index in [1.165, 1.54) is 0 Å². The van der Waals surface area contributed by atoms with Crippen LogP contribution in [-0.2, 0) is 14.6 Å². The fourth-order valence-corrected chi connectivity index (χ4v) is 2.40. The van der Waals surface area contributed by atoms with Gasteiger partial charge in [-0.2, -0.15) is 0 Å². The highest BCUT2D eigenvalue weighted by Gasteiger charge is 2.37. The van der Waals surface area contributed by atoms with Gasteiger partial charge in [-0.3, -0.25) is 4.79 Å². The van der Waals surface area contributed by atoms with E-state index < -0.39 is 15.3 Å². The monoisotopic (exact) mass is 280 g/mol. The first kappa shape index (κ1) is 16.3. The summed E-state index contributed by atoms with van der Waals surface area (Å²) in [5.74, 6) is -0.377. The molecule has 100 valence electrons. The summed E-state index contributed by atoms with van der Waals surface area (Å²) in [6.07, 6.45) is 2.13. The quantitative estimate of drug-likeness (QED) is 0.652. The smallest absolute Gasteiger partial charge is 0.233 e. The molecule has 0 aromatic carbocycles. The molecule has 1 amide bonds. The Morgan fingerprint density at radius 3 is 2.12 bits per heavy atom. The molecule has 0 atom stereocenters. The molecule has 5 nitrogen and oxygen atoms in total. The first-order chi connectivity index (χ1) is 7.69. The van der Waals surface area contributed by atoms with E-state index in [4.69, 9.17) is 18.0 Å². The predicted molar refractivity (Wildman–Crippen MR) is 72.5 cm³/mol. The lowest BCUT2D eigenvalue weighted by Crippen LogP contribution is -2.49. The number of carbonyl (C=O) groups excluding carboxylic acids is 1. The van der Waals surface area contributed by atoms with E-state index in [9.17, 15) is 13.2 Å². The second-order valence-corrected chi connectivity index (χ2v) is 6.74. The highest BCUT2D eigenvalue weighted by molar-refractivity contribution is 7.90. The Hall–Kier alpha value is -0.690. The van der Waals surface area contributed by atoms with Gasteiger partial charge < -0.3 is 11.1 Å². The summed E-state index contributed by atoms with van der Waals surface area (Å²) in [7, 11) is -3.08. The second-order valence-electron chi connectivity index (χ2n) is 4.04. The summed E-state index contributed by atoms with van der Waals surface area (Å²) in [5, 5.41) is 2.58. The van der Waals surface area contributed by atoms with Crippen molar-refractivity contribution in [3.8, 4) is 0 Å². The van der Waals surface area contributed by atoms with Gasteiger partial charge in [-0.25, -0.2) is 8.42 Å². The van der Waals surface area contributed by atoms with Crippen molar-refractivity contribution in [2.45, 2.75) is 26.7 Å². The topological polar surface area (TPSA) is 89.3 Å². The van der Waals surface area contributed by atoms with E-state index in [1.54, 1.807) is 0 Å². The van der Waals surface area contributed by atoms with Crippen molar-refractivity contribution in [2.24, 2.45) is 11.1 Å². The van der Waals surface area contributed by atoms with Crippen molar-refractivity contribution in [1.29, 1.82) is 0 Å². The van der Waals surface area contributed by atoms with Crippen LogP contribution in [0.4, 0.5) is 0 Å². The maximum absolute atomic E-state index is 12.0. The van der Waals surface area contributed by atoms with Crippen LogP contribution in [0.15, 0.2) is 0 Å². The lowest BCUT2D eigenvalue weighted by Gasteiger charge is -2.28. The Labute approximate surface area is 108 Å². The van der Waals surface area contributed by atoms with Gasteiger partial charge in [-0.1, -0.05) is 26.1 Å². The van der Waals surface area contributed by atoms with E-state index in [2.05, 4.69) is 5.32 Å². The zero-order valence-electron chi connectivity index (χ0n) is 10.4. The van der Waals surface area contributed by atoms with Crippen molar-refractivity contribution in [2.75, 3.05) is 18.6 Å². The standard InChI is InChI=1S/C10H20N2O3S2/c1-4-10(5-2,8(11)16)9(13)12-6-7-17(3,14)15/h4-7H2,1-3H3,(H2,11,16)(H,12,13). The molecule has 0 unspecified atom stereocenters. The molecule has 0 aromatic heterocycles. The molecule has 0 heterocycles. The average molecular weight is 280 g/mol. The van der Waals surface area contributed by atoms with Gasteiger partial charge in [0, 0.05) is 12.8 Å². The fraction of sp³-hybridized carbons (Fsp3) is 0.800.